The molecular formula is C34H29BrClN3O6S. The molecule has 4 aromatic rings. The zero-order chi connectivity index (χ0) is 33.0. The summed E-state index contributed by atoms with van der Waals surface area (Å²) in [6.45, 7) is 6.13. The van der Waals surface area contributed by atoms with E-state index in [9.17, 15) is 9.59 Å². The minimum atomic E-state index is -0.872. The number of esters is 1. The second kappa shape index (κ2) is 14.4. The summed E-state index contributed by atoms with van der Waals surface area (Å²) in [7, 11) is 1.53. The van der Waals surface area contributed by atoms with Gasteiger partial charge in [-0.05, 0) is 80.4 Å². The van der Waals surface area contributed by atoms with Crippen molar-refractivity contribution < 1.29 is 23.7 Å². The smallest absolute Gasteiger partial charge is 0.338 e. The molecule has 0 amide bonds. The molecule has 46 heavy (non-hydrogen) atoms. The molecule has 0 N–H and O–H groups in total. The molecule has 236 valence electrons. The van der Waals surface area contributed by atoms with E-state index in [0.717, 1.165) is 5.56 Å². The molecule has 0 fully saturated rings. The van der Waals surface area contributed by atoms with Crippen LogP contribution in [0.3, 0.4) is 0 Å². The van der Waals surface area contributed by atoms with Crippen LogP contribution in [-0.4, -0.2) is 30.9 Å². The van der Waals surface area contributed by atoms with E-state index in [1.165, 1.54) is 23.0 Å². The number of benzene rings is 3. The maximum absolute atomic E-state index is 14.2. The van der Waals surface area contributed by atoms with Gasteiger partial charge in [-0.25, -0.2) is 9.79 Å². The van der Waals surface area contributed by atoms with Crippen LogP contribution < -0.4 is 29.1 Å². The number of nitrogens with zero attached hydrogens (tertiary/aromatic N) is 3. The highest BCUT2D eigenvalue weighted by atomic mass is 79.9. The highest BCUT2D eigenvalue weighted by Gasteiger charge is 2.35. The second-order valence-corrected chi connectivity index (χ2v) is 12.3. The topological polar surface area (TPSA) is 112 Å². The van der Waals surface area contributed by atoms with Crippen LogP contribution in [0.15, 0.2) is 80.1 Å². The number of carbonyl (C=O) groups is 1. The van der Waals surface area contributed by atoms with Crippen LogP contribution >= 0.6 is 38.9 Å². The summed E-state index contributed by atoms with van der Waals surface area (Å²) in [6.07, 6.45) is 1.71. The molecule has 9 nitrogen and oxygen atoms in total. The van der Waals surface area contributed by atoms with Gasteiger partial charge in [-0.1, -0.05) is 51.0 Å². The standard InChI is InChI=1S/C34H29BrClN3O6S/c1-5-43-28-16-25(35)24(15-27(28)42-4)31-30(33(41)44-6-2)19(3)38-34-39(31)32(40)29(46-34)14-22-13-23(36)11-12-26(22)45-18-21-9-7-20(17-37)8-10-21/h7-16,31H,5-6,18H2,1-4H3/b29-14+/t31-/m0/s1. The van der Waals surface area contributed by atoms with Crippen molar-refractivity contribution in [2.24, 2.45) is 4.99 Å². The van der Waals surface area contributed by atoms with Gasteiger partial charge in [-0.2, -0.15) is 5.26 Å². The number of carbonyl (C=O) groups excluding carboxylic acids is 1. The largest absolute Gasteiger partial charge is 0.493 e. The minimum absolute atomic E-state index is 0.153. The van der Waals surface area contributed by atoms with Gasteiger partial charge in [-0.15, -0.1) is 0 Å². The number of allylic oxidation sites excluding steroid dienone is 1. The molecule has 0 unspecified atom stereocenters. The van der Waals surface area contributed by atoms with E-state index < -0.39 is 12.0 Å². The van der Waals surface area contributed by atoms with Crippen LogP contribution in [0.25, 0.3) is 6.08 Å². The van der Waals surface area contributed by atoms with Crippen molar-refractivity contribution >= 4 is 50.9 Å². The first-order valence-corrected chi connectivity index (χ1v) is 16.3. The third-order valence-corrected chi connectivity index (χ3v) is 9.04. The van der Waals surface area contributed by atoms with Crippen molar-refractivity contribution in [3.63, 3.8) is 0 Å². The number of hydrogen-bond acceptors (Lipinski definition) is 9. The molecule has 2 heterocycles. The number of nitriles is 1. The normalized spacial score (nSPS) is 14.3. The molecule has 1 aromatic heterocycles. The molecule has 1 aliphatic rings. The number of rotatable bonds is 10. The van der Waals surface area contributed by atoms with Gasteiger partial charge in [0, 0.05) is 15.1 Å². The minimum Gasteiger partial charge on any atom is -0.493 e. The van der Waals surface area contributed by atoms with Gasteiger partial charge in [0.1, 0.15) is 12.4 Å². The predicted octanol–water partition coefficient (Wildman–Crippen LogP) is 6.07. The molecule has 3 aromatic carbocycles. The van der Waals surface area contributed by atoms with E-state index in [4.69, 9.17) is 35.8 Å². The van der Waals surface area contributed by atoms with Crippen LogP contribution in [0.1, 0.15) is 49.1 Å². The van der Waals surface area contributed by atoms with Gasteiger partial charge < -0.3 is 18.9 Å². The third-order valence-electron chi connectivity index (χ3n) is 7.13. The van der Waals surface area contributed by atoms with E-state index >= 15 is 0 Å². The van der Waals surface area contributed by atoms with Crippen molar-refractivity contribution in [3.05, 3.63) is 117 Å². The molecule has 5 rings (SSSR count). The summed E-state index contributed by atoms with van der Waals surface area (Å²) in [5.41, 5.74) is 2.93. The lowest BCUT2D eigenvalue weighted by atomic mass is 9.95. The molecular weight excluding hydrogens is 694 g/mol. The van der Waals surface area contributed by atoms with Crippen LogP contribution in [-0.2, 0) is 16.1 Å². The maximum Gasteiger partial charge on any atom is 0.338 e. The van der Waals surface area contributed by atoms with E-state index in [1.807, 2.05) is 19.1 Å². The van der Waals surface area contributed by atoms with Crippen molar-refractivity contribution in [1.29, 1.82) is 5.26 Å². The van der Waals surface area contributed by atoms with Gasteiger partial charge in [0.2, 0.25) is 0 Å². The van der Waals surface area contributed by atoms with Crippen LogP contribution in [0.2, 0.25) is 5.02 Å². The number of ether oxygens (including phenoxy) is 4. The fourth-order valence-corrected chi connectivity index (χ4v) is 6.77. The van der Waals surface area contributed by atoms with E-state index in [1.54, 1.807) is 62.4 Å². The van der Waals surface area contributed by atoms with Gasteiger partial charge >= 0.3 is 5.97 Å². The number of thiazole rings is 1. The van der Waals surface area contributed by atoms with Crippen LogP contribution in [0.4, 0.5) is 0 Å². The van der Waals surface area contributed by atoms with Gasteiger partial charge in [0.25, 0.3) is 5.56 Å². The summed E-state index contributed by atoms with van der Waals surface area (Å²) in [6, 6.07) is 17.0. The number of halogens is 2. The molecule has 0 bridgehead atoms. The summed E-state index contributed by atoms with van der Waals surface area (Å²) in [4.78, 5) is 32.7. The zero-order valence-corrected chi connectivity index (χ0v) is 28.6. The predicted molar refractivity (Wildman–Crippen MR) is 179 cm³/mol. The summed E-state index contributed by atoms with van der Waals surface area (Å²) < 4.78 is 25.4. The first kappa shape index (κ1) is 33.0. The van der Waals surface area contributed by atoms with E-state index in [2.05, 4.69) is 27.0 Å². The Labute approximate surface area is 282 Å². The lowest BCUT2D eigenvalue weighted by Crippen LogP contribution is -2.40. The molecule has 0 saturated heterocycles. The van der Waals surface area contributed by atoms with Crippen molar-refractivity contribution in [1.82, 2.24) is 4.57 Å². The molecule has 1 aliphatic heterocycles. The van der Waals surface area contributed by atoms with Gasteiger partial charge in [0.05, 0.1) is 53.8 Å². The highest BCUT2D eigenvalue weighted by Crippen LogP contribution is 2.41. The SMILES string of the molecule is CCOC(=O)C1=C(C)N=c2s/c(=C/c3cc(Cl)ccc3OCc3ccc(C#N)cc3)c(=O)n2[C@H]1c1cc(OC)c(OCC)cc1Br. The van der Waals surface area contributed by atoms with Crippen molar-refractivity contribution in [3.8, 4) is 23.3 Å². The van der Waals surface area contributed by atoms with E-state index in [-0.39, 0.29) is 24.3 Å². The third kappa shape index (κ3) is 6.75. The quantitative estimate of drug-likeness (QED) is 0.183. The number of methoxy groups -OCH3 is 1. The van der Waals surface area contributed by atoms with Gasteiger partial charge in [0.15, 0.2) is 16.3 Å². The Morgan fingerprint density at radius 3 is 2.52 bits per heavy atom. The Morgan fingerprint density at radius 1 is 1.09 bits per heavy atom. The monoisotopic (exact) mass is 721 g/mol. The van der Waals surface area contributed by atoms with Crippen molar-refractivity contribution in [2.75, 3.05) is 20.3 Å². The number of fused-ring (bicyclic) bond motifs is 1. The summed E-state index contributed by atoms with van der Waals surface area (Å²) in [5, 5.41) is 9.55. The van der Waals surface area contributed by atoms with Crippen LogP contribution in [0, 0.1) is 11.3 Å². The first-order valence-electron chi connectivity index (χ1n) is 14.3. The number of hydrogen-bond donors (Lipinski definition) is 0. The lowest BCUT2D eigenvalue weighted by Gasteiger charge is -2.26. The maximum atomic E-state index is 14.2. The fourth-order valence-electron chi connectivity index (χ4n) is 5.02. The Kier molecular flexibility index (Phi) is 10.3. The van der Waals surface area contributed by atoms with E-state index in [0.29, 0.717) is 65.1 Å². The molecule has 0 radical (unpaired) electrons. The molecule has 0 saturated carbocycles. The first-order chi connectivity index (χ1) is 22.2. The Hall–Kier alpha value is -4.37. The average molecular weight is 723 g/mol. The molecule has 0 aliphatic carbocycles. The Balaban J connectivity index is 1.65. The lowest BCUT2D eigenvalue weighted by molar-refractivity contribution is -0.139. The Morgan fingerprint density at radius 2 is 1.85 bits per heavy atom. The summed E-state index contributed by atoms with van der Waals surface area (Å²) >= 11 is 11.2. The molecule has 12 heteroatoms. The van der Waals surface area contributed by atoms with Gasteiger partial charge in [-0.3, -0.25) is 9.36 Å². The van der Waals surface area contributed by atoms with Crippen LogP contribution in [0.5, 0.6) is 17.2 Å². The average Bonchev–Trinajstić information content (AvgIpc) is 3.34. The second-order valence-electron chi connectivity index (χ2n) is 10.0. The summed E-state index contributed by atoms with van der Waals surface area (Å²) in [5.74, 6) is 0.901. The number of aromatic nitrogens is 1. The molecule has 0 spiro atoms. The highest BCUT2D eigenvalue weighted by molar-refractivity contribution is 9.10. The zero-order valence-electron chi connectivity index (χ0n) is 25.4. The fraction of sp³-hybridized carbons (Fsp3) is 0.235. The van der Waals surface area contributed by atoms with Crippen molar-refractivity contribution in [2.45, 2.75) is 33.4 Å². The molecule has 1 atom stereocenters. The Bertz CT molecular complexity index is 2060.